The average Bonchev–Trinajstić information content (AvgIpc) is 3.16. The fourth-order valence-corrected chi connectivity index (χ4v) is 2.72. The van der Waals surface area contributed by atoms with Crippen LogP contribution in [0, 0.1) is 5.92 Å². The Kier molecular flexibility index (Phi) is 3.54. The summed E-state index contributed by atoms with van der Waals surface area (Å²) >= 11 is 5.85. The highest BCUT2D eigenvalue weighted by Crippen LogP contribution is 2.49. The van der Waals surface area contributed by atoms with E-state index in [0.717, 1.165) is 12.8 Å². The van der Waals surface area contributed by atoms with Crippen LogP contribution in [-0.2, 0) is 15.1 Å². The van der Waals surface area contributed by atoms with Gasteiger partial charge in [-0.1, -0.05) is 23.7 Å². The number of carbonyl (C=O) groups excluding carboxylic acids is 1. The maximum atomic E-state index is 11.9. The summed E-state index contributed by atoms with van der Waals surface area (Å²) in [6.45, 7) is 1.38. The van der Waals surface area contributed by atoms with Crippen LogP contribution in [0.15, 0.2) is 24.3 Å². The minimum absolute atomic E-state index is 0.0416. The third-order valence-corrected chi connectivity index (χ3v) is 4.03. The minimum atomic E-state index is -1.28. The summed E-state index contributed by atoms with van der Waals surface area (Å²) in [6, 6.07) is 6.69. The van der Waals surface area contributed by atoms with E-state index in [0.29, 0.717) is 10.6 Å². The van der Waals surface area contributed by atoms with E-state index in [4.69, 9.17) is 11.6 Å². The molecule has 0 spiro atoms. The largest absolute Gasteiger partial charge is 0.479 e. The maximum absolute atomic E-state index is 11.9. The molecule has 1 aromatic carbocycles. The molecule has 0 aliphatic heterocycles. The Labute approximate surface area is 117 Å². The molecular formula is C14H16ClNO3. The van der Waals surface area contributed by atoms with Crippen LogP contribution >= 0.6 is 11.6 Å². The lowest BCUT2D eigenvalue weighted by Crippen LogP contribution is -2.53. The minimum Gasteiger partial charge on any atom is -0.479 e. The van der Waals surface area contributed by atoms with E-state index in [1.54, 1.807) is 31.3 Å². The molecule has 1 aliphatic rings. The molecule has 0 radical (unpaired) electrons. The van der Waals surface area contributed by atoms with E-state index in [-0.39, 0.29) is 11.8 Å². The van der Waals surface area contributed by atoms with Crippen LogP contribution in [0.25, 0.3) is 0 Å². The first-order valence-corrected chi connectivity index (χ1v) is 6.52. The van der Waals surface area contributed by atoms with Crippen molar-refractivity contribution in [3.8, 4) is 0 Å². The lowest BCUT2D eigenvalue weighted by atomic mass is 9.83. The molecule has 1 N–H and O–H groups in total. The van der Waals surface area contributed by atoms with Gasteiger partial charge in [0.25, 0.3) is 0 Å². The Balaban J connectivity index is 2.58. The van der Waals surface area contributed by atoms with Crippen LogP contribution in [0.3, 0.4) is 0 Å². The number of rotatable bonds is 4. The number of nitrogens with zero attached hydrogens (tertiary/aromatic N) is 1. The topological polar surface area (TPSA) is 57.6 Å². The second kappa shape index (κ2) is 4.85. The fraction of sp³-hybridized carbons (Fsp3) is 0.429. The summed E-state index contributed by atoms with van der Waals surface area (Å²) in [6.07, 6.45) is 1.62. The number of hydrogen-bond donors (Lipinski definition) is 1. The number of carboxylic acids is 1. The van der Waals surface area contributed by atoms with Gasteiger partial charge in [0.05, 0.1) is 0 Å². The van der Waals surface area contributed by atoms with Crippen molar-refractivity contribution in [2.24, 2.45) is 5.92 Å². The smallest absolute Gasteiger partial charge is 0.334 e. The molecule has 0 saturated heterocycles. The van der Waals surface area contributed by atoms with E-state index in [2.05, 4.69) is 0 Å². The van der Waals surface area contributed by atoms with Gasteiger partial charge < -0.3 is 10.0 Å². The molecular weight excluding hydrogens is 266 g/mol. The van der Waals surface area contributed by atoms with Crippen LogP contribution < -0.4 is 0 Å². The van der Waals surface area contributed by atoms with Gasteiger partial charge in [0.1, 0.15) is 0 Å². The number of amides is 1. The number of aliphatic carboxylic acids is 1. The monoisotopic (exact) mass is 281 g/mol. The first kappa shape index (κ1) is 13.9. The van der Waals surface area contributed by atoms with Crippen LogP contribution in [0.2, 0.25) is 5.02 Å². The average molecular weight is 282 g/mol. The third kappa shape index (κ3) is 2.21. The van der Waals surface area contributed by atoms with E-state index >= 15 is 0 Å². The summed E-state index contributed by atoms with van der Waals surface area (Å²) in [5.74, 6) is -1.29. The number of carboxylic acid groups (broad SMARTS) is 1. The molecule has 1 fully saturated rings. The Morgan fingerprint density at radius 2 is 1.84 bits per heavy atom. The van der Waals surface area contributed by atoms with Gasteiger partial charge in [0.15, 0.2) is 5.54 Å². The Bertz CT molecular complexity index is 510. The number of likely N-dealkylation sites (N-methyl/N-ethyl adjacent to an activating group) is 1. The van der Waals surface area contributed by atoms with Crippen molar-refractivity contribution < 1.29 is 14.7 Å². The van der Waals surface area contributed by atoms with Crippen LogP contribution in [0.4, 0.5) is 0 Å². The molecule has 2 rings (SSSR count). The van der Waals surface area contributed by atoms with Gasteiger partial charge in [-0.2, -0.15) is 0 Å². The molecule has 0 heterocycles. The van der Waals surface area contributed by atoms with Crippen LogP contribution in [0.5, 0.6) is 0 Å². The van der Waals surface area contributed by atoms with Crippen molar-refractivity contribution in [1.82, 2.24) is 4.90 Å². The molecule has 5 heteroatoms. The molecule has 1 aromatic rings. The normalized spacial score (nSPS) is 17.6. The van der Waals surface area contributed by atoms with Crippen molar-refractivity contribution in [3.63, 3.8) is 0 Å². The van der Waals surface area contributed by atoms with Gasteiger partial charge in [-0.15, -0.1) is 0 Å². The second-order valence-electron chi connectivity index (χ2n) is 4.93. The zero-order valence-corrected chi connectivity index (χ0v) is 11.6. The second-order valence-corrected chi connectivity index (χ2v) is 5.37. The molecule has 4 nitrogen and oxygen atoms in total. The zero-order chi connectivity index (χ0) is 14.2. The summed E-state index contributed by atoms with van der Waals surface area (Å²) < 4.78 is 0. The lowest BCUT2D eigenvalue weighted by molar-refractivity contribution is -0.160. The van der Waals surface area contributed by atoms with E-state index in [1.807, 2.05) is 0 Å². The van der Waals surface area contributed by atoms with Crippen molar-refractivity contribution in [1.29, 1.82) is 0 Å². The molecule has 1 atom stereocenters. The Morgan fingerprint density at radius 1 is 1.32 bits per heavy atom. The molecule has 1 amide bonds. The number of carbonyl (C=O) groups is 2. The molecule has 0 bridgehead atoms. The van der Waals surface area contributed by atoms with E-state index in [9.17, 15) is 14.7 Å². The molecule has 19 heavy (non-hydrogen) atoms. The Hall–Kier alpha value is -1.55. The van der Waals surface area contributed by atoms with Gasteiger partial charge in [-0.25, -0.2) is 4.79 Å². The quantitative estimate of drug-likeness (QED) is 0.922. The lowest BCUT2D eigenvalue weighted by Gasteiger charge is -2.38. The molecule has 0 aromatic heterocycles. The van der Waals surface area contributed by atoms with Crippen LogP contribution in [-0.4, -0.2) is 28.9 Å². The highest BCUT2D eigenvalue weighted by molar-refractivity contribution is 6.30. The van der Waals surface area contributed by atoms with Gasteiger partial charge >= 0.3 is 5.97 Å². The van der Waals surface area contributed by atoms with Crippen molar-refractivity contribution in [2.45, 2.75) is 25.3 Å². The summed E-state index contributed by atoms with van der Waals surface area (Å²) in [5.41, 5.74) is -0.680. The summed E-state index contributed by atoms with van der Waals surface area (Å²) in [5, 5.41) is 10.3. The van der Waals surface area contributed by atoms with Crippen molar-refractivity contribution >= 4 is 23.5 Å². The van der Waals surface area contributed by atoms with Gasteiger partial charge in [0, 0.05) is 19.0 Å². The number of halogens is 1. The number of hydrogen-bond acceptors (Lipinski definition) is 2. The fourth-order valence-electron chi connectivity index (χ4n) is 2.60. The molecule has 1 aliphatic carbocycles. The first-order chi connectivity index (χ1) is 8.90. The molecule has 1 unspecified atom stereocenters. The highest BCUT2D eigenvalue weighted by atomic mass is 35.5. The third-order valence-electron chi connectivity index (χ3n) is 3.78. The van der Waals surface area contributed by atoms with Gasteiger partial charge in [0.2, 0.25) is 5.91 Å². The van der Waals surface area contributed by atoms with Gasteiger partial charge in [-0.3, -0.25) is 4.79 Å². The van der Waals surface area contributed by atoms with E-state index in [1.165, 1.54) is 11.8 Å². The highest BCUT2D eigenvalue weighted by Gasteiger charge is 2.56. The van der Waals surface area contributed by atoms with Crippen molar-refractivity contribution in [2.75, 3.05) is 7.05 Å². The summed E-state index contributed by atoms with van der Waals surface area (Å²) in [7, 11) is 1.55. The first-order valence-electron chi connectivity index (χ1n) is 6.14. The zero-order valence-electron chi connectivity index (χ0n) is 10.9. The maximum Gasteiger partial charge on any atom is 0.334 e. The predicted octanol–water partition coefficient (Wildman–Crippen LogP) is 2.51. The summed E-state index contributed by atoms with van der Waals surface area (Å²) in [4.78, 5) is 24.9. The predicted molar refractivity (Wildman–Crippen MR) is 71.9 cm³/mol. The van der Waals surface area contributed by atoms with E-state index < -0.39 is 11.5 Å². The van der Waals surface area contributed by atoms with Gasteiger partial charge in [-0.05, 0) is 36.5 Å². The Morgan fingerprint density at radius 3 is 2.21 bits per heavy atom. The molecule has 102 valence electrons. The van der Waals surface area contributed by atoms with Crippen molar-refractivity contribution in [3.05, 3.63) is 34.9 Å². The SMILES string of the molecule is CC(=O)N(C)C(C(=O)O)(c1ccc(Cl)cc1)C1CC1. The molecule has 1 saturated carbocycles. The standard InChI is InChI=1S/C14H16ClNO3/c1-9(17)16(2)14(13(18)19,10-3-4-10)11-5-7-12(15)8-6-11/h5-8,10H,3-4H2,1-2H3,(H,18,19). The number of benzene rings is 1. The van der Waals surface area contributed by atoms with Crippen LogP contribution in [0.1, 0.15) is 25.3 Å².